The second kappa shape index (κ2) is 3.85. The number of sulfonamides is 1. The minimum absolute atomic E-state index is 0.0597. The highest BCUT2D eigenvalue weighted by Crippen LogP contribution is 2.68. The highest BCUT2D eigenvalue weighted by Gasteiger charge is 2.73. The van der Waals surface area contributed by atoms with Crippen LogP contribution in [0.5, 0.6) is 0 Å². The van der Waals surface area contributed by atoms with E-state index in [0.29, 0.717) is 0 Å². The van der Waals surface area contributed by atoms with Gasteiger partial charge in [-0.2, -0.15) is 0 Å². The maximum atomic E-state index is 12.3. The molecule has 0 N–H and O–H groups in total. The van der Waals surface area contributed by atoms with E-state index in [1.807, 2.05) is 6.92 Å². The van der Waals surface area contributed by atoms with E-state index in [4.69, 9.17) is 28.0 Å². The number of ketones is 1. The summed E-state index contributed by atoms with van der Waals surface area (Å²) in [6.45, 7) is 3.70. The number of halogens is 2. The number of carbonyl (C=O) groups excluding carboxylic acids is 1. The third-order valence-corrected chi connectivity index (χ3v) is 8.34. The Morgan fingerprint density at radius 2 is 2.00 bits per heavy atom. The van der Waals surface area contributed by atoms with Gasteiger partial charge in [0.25, 0.3) is 0 Å². The predicted molar refractivity (Wildman–Crippen MR) is 69.9 cm³/mol. The molecule has 1 heterocycles. The molecule has 0 spiro atoms. The molecule has 1 aliphatic heterocycles. The highest BCUT2D eigenvalue weighted by atomic mass is 35.5. The third kappa shape index (κ3) is 1.55. The van der Waals surface area contributed by atoms with Gasteiger partial charge in [0.15, 0.2) is 6.73 Å². The molecule has 5 nitrogen and oxygen atoms in total. The number of rotatable bonds is 3. The van der Waals surface area contributed by atoms with Crippen LogP contribution in [0.25, 0.3) is 0 Å². The van der Waals surface area contributed by atoms with Crippen LogP contribution in [-0.2, 0) is 19.7 Å². The fraction of sp³-hybridized carbons (Fsp3) is 0.909. The van der Waals surface area contributed by atoms with Gasteiger partial charge in [-0.1, -0.05) is 18.3 Å². The topological polar surface area (TPSA) is 66.8 Å². The Labute approximate surface area is 122 Å². The molecule has 0 amide bonds. The average molecular weight is 328 g/mol. The summed E-state index contributed by atoms with van der Waals surface area (Å²) in [5.41, 5.74) is -1.49. The highest BCUT2D eigenvalue weighted by molar-refractivity contribution is 7.89. The second-order valence-electron chi connectivity index (χ2n) is 6.00. The van der Waals surface area contributed by atoms with Gasteiger partial charge in [0, 0.05) is 17.3 Å². The van der Waals surface area contributed by atoms with E-state index in [9.17, 15) is 13.2 Å². The molecule has 3 aliphatic rings. The predicted octanol–water partition coefficient (Wildman–Crippen LogP) is 1.70. The summed E-state index contributed by atoms with van der Waals surface area (Å²) in [7, 11) is -3.52. The quantitative estimate of drug-likeness (QED) is 0.584. The molecule has 3 fully saturated rings. The molecular weight excluding hydrogens is 313 g/mol. The number of Topliss-reactive ketones (excluding diaryl/α,β-unsaturated/α-hetero) is 1. The molecule has 5 atom stereocenters. The summed E-state index contributed by atoms with van der Waals surface area (Å²) in [6.07, 6.45) is 0.492. The molecule has 0 radical (unpaired) electrons. The monoisotopic (exact) mass is 327 g/mol. The molecule has 108 valence electrons. The Bertz CT molecular complexity index is 547. The normalized spacial score (nSPS) is 49.1. The van der Waals surface area contributed by atoms with Crippen molar-refractivity contribution in [3.05, 3.63) is 0 Å². The Morgan fingerprint density at radius 3 is 2.42 bits per heavy atom. The van der Waals surface area contributed by atoms with Gasteiger partial charge in [0.05, 0.1) is 5.25 Å². The van der Waals surface area contributed by atoms with Gasteiger partial charge in [-0.05, 0) is 12.3 Å². The molecule has 0 aromatic rings. The molecule has 5 unspecified atom stereocenters. The largest absolute Gasteiger partial charge is 0.299 e. The van der Waals surface area contributed by atoms with E-state index < -0.39 is 30.9 Å². The Balaban J connectivity index is 2.05. The smallest absolute Gasteiger partial charge is 0.241 e. The molecular formula is C11H15Cl2NO4S. The molecule has 2 bridgehead atoms. The maximum absolute atomic E-state index is 12.3. The van der Waals surface area contributed by atoms with E-state index in [2.05, 4.69) is 0 Å². The average Bonchev–Trinajstić information content (AvgIpc) is 3.09. The first-order valence-corrected chi connectivity index (χ1v) is 8.49. The van der Waals surface area contributed by atoms with Gasteiger partial charge in [0.2, 0.25) is 10.0 Å². The van der Waals surface area contributed by atoms with Gasteiger partial charge in [-0.15, -0.1) is 23.2 Å². The number of hydrogen-bond donors (Lipinski definition) is 0. The summed E-state index contributed by atoms with van der Waals surface area (Å²) in [5, 5.41) is -0.636. The van der Waals surface area contributed by atoms with Crippen molar-refractivity contribution >= 4 is 39.0 Å². The number of carbonyl (C=O) groups is 1. The van der Waals surface area contributed by atoms with Crippen LogP contribution in [0.4, 0.5) is 0 Å². The van der Waals surface area contributed by atoms with Crippen LogP contribution in [0.1, 0.15) is 26.7 Å². The minimum atomic E-state index is -3.52. The van der Waals surface area contributed by atoms with Gasteiger partial charge >= 0.3 is 0 Å². The Hall–Kier alpha value is 0.120. The van der Waals surface area contributed by atoms with E-state index in [0.717, 1.165) is 4.47 Å². The van der Waals surface area contributed by atoms with Crippen molar-refractivity contribution in [3.8, 4) is 0 Å². The summed E-state index contributed by atoms with van der Waals surface area (Å²) in [6, 6.07) is 0. The van der Waals surface area contributed by atoms with Gasteiger partial charge in [0.1, 0.15) is 10.6 Å². The van der Waals surface area contributed by atoms with Crippen molar-refractivity contribution in [3.63, 3.8) is 0 Å². The zero-order chi connectivity index (χ0) is 14.2. The molecule has 1 saturated heterocycles. The van der Waals surface area contributed by atoms with Crippen LogP contribution in [0.2, 0.25) is 0 Å². The fourth-order valence-electron chi connectivity index (χ4n) is 3.78. The maximum Gasteiger partial charge on any atom is 0.241 e. The van der Waals surface area contributed by atoms with E-state index in [-0.39, 0.29) is 31.3 Å². The van der Waals surface area contributed by atoms with Crippen molar-refractivity contribution in [1.29, 1.82) is 0 Å². The van der Waals surface area contributed by atoms with Gasteiger partial charge < -0.3 is 0 Å². The van der Waals surface area contributed by atoms with Crippen LogP contribution >= 0.6 is 23.2 Å². The van der Waals surface area contributed by atoms with Crippen LogP contribution in [0.15, 0.2) is 0 Å². The van der Waals surface area contributed by atoms with Crippen molar-refractivity contribution < 1.29 is 18.0 Å². The second-order valence-corrected chi connectivity index (χ2v) is 9.14. The number of fused-ring (bicyclic) bond motifs is 2. The molecule has 2 saturated carbocycles. The van der Waals surface area contributed by atoms with E-state index in [1.165, 1.54) is 0 Å². The van der Waals surface area contributed by atoms with Crippen LogP contribution in [0.3, 0.4) is 0 Å². The first kappa shape index (κ1) is 14.1. The molecule has 19 heavy (non-hydrogen) atoms. The number of hydroxylamine groups is 1. The molecule has 0 aromatic carbocycles. The number of hydrogen-bond acceptors (Lipinski definition) is 4. The van der Waals surface area contributed by atoms with Crippen molar-refractivity contribution in [2.75, 3.05) is 6.73 Å². The van der Waals surface area contributed by atoms with E-state index >= 15 is 0 Å². The summed E-state index contributed by atoms with van der Waals surface area (Å²) in [5.74, 6) is -0.288. The lowest BCUT2D eigenvalue weighted by molar-refractivity contribution is -0.128. The van der Waals surface area contributed by atoms with E-state index in [1.54, 1.807) is 6.92 Å². The molecule has 8 heteroatoms. The van der Waals surface area contributed by atoms with Crippen molar-refractivity contribution in [2.45, 2.75) is 36.8 Å². The number of nitrogens with zero attached hydrogens (tertiary/aromatic N) is 1. The van der Waals surface area contributed by atoms with Crippen molar-refractivity contribution in [2.24, 2.45) is 16.7 Å². The zero-order valence-electron chi connectivity index (χ0n) is 10.6. The SMILES string of the molecule is CC12CC(S(=O)(=O)N3CO3)C(CC1=O)C2(C)C(Cl)Cl. The van der Waals surface area contributed by atoms with Crippen LogP contribution in [-0.4, -0.2) is 35.5 Å². The number of alkyl halides is 2. The standard InChI is InChI=1S/C11H15Cl2NO4S/c1-10-4-7(19(16,17)14-5-18-14)6(3-8(10)15)11(10,2)9(12)13/h6-7,9H,3-5H2,1-2H3. The fourth-order valence-corrected chi connectivity index (χ4v) is 6.57. The van der Waals surface area contributed by atoms with Gasteiger partial charge in [-0.25, -0.2) is 8.42 Å². The molecule has 3 rings (SSSR count). The lowest BCUT2D eigenvalue weighted by Crippen LogP contribution is -2.39. The summed E-state index contributed by atoms with van der Waals surface area (Å²) in [4.78, 5) is 16.2. The summed E-state index contributed by atoms with van der Waals surface area (Å²) >= 11 is 12.2. The Morgan fingerprint density at radius 1 is 1.42 bits per heavy atom. The van der Waals surface area contributed by atoms with Crippen LogP contribution < -0.4 is 0 Å². The first-order valence-electron chi connectivity index (χ1n) is 6.11. The summed E-state index contributed by atoms with van der Waals surface area (Å²) < 4.78 is 25.7. The van der Waals surface area contributed by atoms with Gasteiger partial charge in [-0.3, -0.25) is 9.63 Å². The lowest BCUT2D eigenvalue weighted by Gasteiger charge is -2.37. The van der Waals surface area contributed by atoms with Crippen molar-refractivity contribution in [1.82, 2.24) is 4.47 Å². The molecule has 0 aromatic heterocycles. The zero-order valence-corrected chi connectivity index (χ0v) is 12.9. The first-order chi connectivity index (χ1) is 8.65. The Kier molecular flexibility index (Phi) is 2.86. The minimum Gasteiger partial charge on any atom is -0.299 e. The third-order valence-electron chi connectivity index (χ3n) is 5.39. The lowest BCUT2D eigenvalue weighted by atomic mass is 9.70. The molecule has 2 aliphatic carbocycles. The van der Waals surface area contributed by atoms with Crippen LogP contribution in [0, 0.1) is 16.7 Å².